The van der Waals surface area contributed by atoms with Crippen LogP contribution in [0.2, 0.25) is 0 Å². The van der Waals surface area contributed by atoms with Gasteiger partial charge in [-0.3, -0.25) is 10.9 Å². The van der Waals surface area contributed by atoms with Crippen molar-refractivity contribution in [3.8, 4) is 6.07 Å². The van der Waals surface area contributed by atoms with Gasteiger partial charge in [-0.05, 0) is 107 Å². The molecule has 0 amide bonds. The lowest BCUT2D eigenvalue weighted by molar-refractivity contribution is 0.0426. The molecule has 198 valence electrons. The van der Waals surface area contributed by atoms with Crippen molar-refractivity contribution in [1.82, 2.24) is 20.9 Å². The Morgan fingerprint density at radius 2 is 1.66 bits per heavy atom. The average Bonchev–Trinajstić information content (AvgIpc) is 3.28. The molecule has 5 fully saturated rings. The van der Waals surface area contributed by atoms with Crippen LogP contribution in [0.1, 0.15) is 84.5 Å². The van der Waals surface area contributed by atoms with Crippen LogP contribution in [-0.4, -0.2) is 41.5 Å². The van der Waals surface area contributed by atoms with E-state index in [1.54, 1.807) is 0 Å². The van der Waals surface area contributed by atoms with E-state index in [0.29, 0.717) is 47.7 Å². The van der Waals surface area contributed by atoms with Crippen molar-refractivity contribution in [2.75, 3.05) is 12.8 Å². The van der Waals surface area contributed by atoms with Gasteiger partial charge in [-0.25, -0.2) is 0 Å². The lowest BCUT2D eigenvalue weighted by atomic mass is 9.60. The molecule has 0 radical (unpaired) electrons. The highest BCUT2D eigenvalue weighted by Gasteiger charge is 2.52. The Kier molecular flexibility index (Phi) is 7.67. The zero-order chi connectivity index (χ0) is 24.8. The third-order valence-corrected chi connectivity index (χ3v) is 11.5. The second-order valence-corrected chi connectivity index (χ2v) is 15.0. The quantitative estimate of drug-likeness (QED) is 0.426. The van der Waals surface area contributed by atoms with Gasteiger partial charge < -0.3 is 9.87 Å². The van der Waals surface area contributed by atoms with Crippen LogP contribution in [0.4, 0.5) is 0 Å². The SMILES string of the molecule is CC(C)(C#N)C1CCC(C2NNC3CNC4CCC(C5CCCC(N[S+](C)(=O)[O-])C5)CC4C32)CC1. The summed E-state index contributed by atoms with van der Waals surface area (Å²) in [6.07, 6.45) is 14.3. The number of fused-ring (bicyclic) bond motifs is 3. The Hall–Kier alpha value is -0.560. The largest absolute Gasteiger partial charge is 0.598 e. The molecule has 5 aliphatic rings. The molecule has 2 heterocycles. The maximum atomic E-state index is 11.8. The number of hydrogen-bond acceptors (Lipinski definition) is 6. The van der Waals surface area contributed by atoms with Gasteiger partial charge in [0.1, 0.15) is 16.7 Å². The van der Waals surface area contributed by atoms with Crippen molar-refractivity contribution in [2.24, 2.45) is 40.9 Å². The molecule has 0 aromatic carbocycles. The van der Waals surface area contributed by atoms with E-state index in [2.05, 4.69) is 40.8 Å². The topological polar surface area (TPSA) is 112 Å². The van der Waals surface area contributed by atoms with Crippen LogP contribution >= 0.6 is 0 Å². The van der Waals surface area contributed by atoms with Crippen molar-refractivity contribution in [3.63, 3.8) is 0 Å². The van der Waals surface area contributed by atoms with Gasteiger partial charge in [0.25, 0.3) is 0 Å². The molecule has 7 nitrogen and oxygen atoms in total. The van der Waals surface area contributed by atoms with Crippen LogP contribution in [0.5, 0.6) is 0 Å². The standard InChI is InChI=1S/C27H47N5O2S/c1-27(2,16-28)20-10-7-17(8-11-20)26-25-22-14-19(9-12-23(22)29-15-24(25)30-31-26)18-5-4-6-21(13-18)32-35(3,33)34/h17-26,29-31H,4-15H2,1-3H3,(H-,32,33,34). The summed E-state index contributed by atoms with van der Waals surface area (Å²) in [5, 5.41) is 13.5. The van der Waals surface area contributed by atoms with Crippen LogP contribution in [-0.2, 0) is 14.6 Å². The van der Waals surface area contributed by atoms with Crippen molar-refractivity contribution in [2.45, 2.75) is 109 Å². The van der Waals surface area contributed by atoms with Crippen LogP contribution in [0.25, 0.3) is 0 Å². The highest BCUT2D eigenvalue weighted by Crippen LogP contribution is 2.49. The van der Waals surface area contributed by atoms with Gasteiger partial charge in [-0.1, -0.05) is 17.1 Å². The summed E-state index contributed by atoms with van der Waals surface area (Å²) in [4.78, 5) is 0. The third kappa shape index (κ3) is 5.66. The normalized spacial score (nSPS) is 46.1. The number of nitriles is 1. The Bertz CT molecular complexity index is 832. The molecule has 0 spiro atoms. The van der Waals surface area contributed by atoms with E-state index in [-0.39, 0.29) is 11.5 Å². The fourth-order valence-electron chi connectivity index (χ4n) is 8.81. The minimum absolute atomic E-state index is 0.120. The number of rotatable bonds is 5. The maximum Gasteiger partial charge on any atom is 0.120 e. The summed E-state index contributed by atoms with van der Waals surface area (Å²) in [6.45, 7) is 5.29. The molecule has 3 saturated carbocycles. The molecule has 3 aliphatic carbocycles. The predicted molar refractivity (Wildman–Crippen MR) is 138 cm³/mol. The Labute approximate surface area is 213 Å². The second-order valence-electron chi connectivity index (χ2n) is 13.2. The first-order chi connectivity index (χ1) is 16.6. The molecule has 2 saturated heterocycles. The molecule has 0 aromatic rings. The first-order valence-electron chi connectivity index (χ1n) is 14.3. The molecule has 4 N–H and O–H groups in total. The van der Waals surface area contributed by atoms with Gasteiger partial charge in [0.05, 0.1) is 17.5 Å². The molecular formula is C27H47N5O2S. The summed E-state index contributed by atoms with van der Waals surface area (Å²) in [5.74, 6) is 3.94. The van der Waals surface area contributed by atoms with E-state index in [0.717, 1.165) is 31.7 Å². The number of hydrazine groups is 1. The predicted octanol–water partition coefficient (Wildman–Crippen LogP) is 3.51. The third-order valence-electron chi connectivity index (χ3n) is 10.7. The Morgan fingerprint density at radius 1 is 0.943 bits per heavy atom. The van der Waals surface area contributed by atoms with Crippen molar-refractivity contribution >= 4 is 10.4 Å². The van der Waals surface area contributed by atoms with Crippen LogP contribution in [0.15, 0.2) is 0 Å². The average molecular weight is 506 g/mol. The summed E-state index contributed by atoms with van der Waals surface area (Å²) < 4.78 is 26.6. The minimum Gasteiger partial charge on any atom is -0.598 e. The molecule has 9 unspecified atom stereocenters. The molecule has 35 heavy (non-hydrogen) atoms. The van der Waals surface area contributed by atoms with Crippen LogP contribution in [0, 0.1) is 52.3 Å². The highest BCUT2D eigenvalue weighted by molar-refractivity contribution is 7.95. The van der Waals surface area contributed by atoms with Gasteiger partial charge in [-0.2, -0.15) is 5.26 Å². The number of piperidine rings is 1. The van der Waals surface area contributed by atoms with Gasteiger partial charge in [0, 0.05) is 24.7 Å². The number of nitrogens with one attached hydrogen (secondary N) is 4. The van der Waals surface area contributed by atoms with E-state index >= 15 is 0 Å². The minimum atomic E-state index is -3.14. The van der Waals surface area contributed by atoms with Crippen molar-refractivity contribution < 1.29 is 8.76 Å². The van der Waals surface area contributed by atoms with E-state index in [4.69, 9.17) is 0 Å². The molecular weight excluding hydrogens is 458 g/mol. The van der Waals surface area contributed by atoms with Crippen molar-refractivity contribution in [3.05, 3.63) is 0 Å². The van der Waals surface area contributed by atoms with E-state index < -0.39 is 10.4 Å². The summed E-state index contributed by atoms with van der Waals surface area (Å²) in [6, 6.07) is 4.33. The second kappa shape index (κ2) is 10.3. The lowest BCUT2D eigenvalue weighted by Gasteiger charge is -2.50. The number of hydrogen-bond donors (Lipinski definition) is 4. The highest BCUT2D eigenvalue weighted by atomic mass is 32.3. The molecule has 0 bridgehead atoms. The fraction of sp³-hybridized carbons (Fsp3) is 0.963. The summed E-state index contributed by atoms with van der Waals surface area (Å²) in [7, 11) is -3.14. The molecule has 2 aliphatic heterocycles. The summed E-state index contributed by atoms with van der Waals surface area (Å²) >= 11 is 0. The van der Waals surface area contributed by atoms with Crippen LogP contribution in [0.3, 0.4) is 0 Å². The van der Waals surface area contributed by atoms with Gasteiger partial charge in [0.15, 0.2) is 0 Å². The monoisotopic (exact) mass is 505 g/mol. The Morgan fingerprint density at radius 3 is 2.37 bits per heavy atom. The van der Waals surface area contributed by atoms with Crippen molar-refractivity contribution in [1.29, 1.82) is 5.26 Å². The zero-order valence-corrected chi connectivity index (χ0v) is 22.7. The lowest BCUT2D eigenvalue weighted by Crippen LogP contribution is -2.58. The van der Waals surface area contributed by atoms with E-state index in [1.807, 2.05) is 0 Å². The smallest absolute Gasteiger partial charge is 0.120 e. The molecule has 9 atom stereocenters. The van der Waals surface area contributed by atoms with Gasteiger partial charge in [0.2, 0.25) is 0 Å². The fourth-order valence-corrected chi connectivity index (χ4v) is 9.63. The van der Waals surface area contributed by atoms with Crippen LogP contribution < -0.4 is 20.9 Å². The molecule has 5 rings (SSSR count). The van der Waals surface area contributed by atoms with Gasteiger partial charge in [-0.15, -0.1) is 4.72 Å². The van der Waals surface area contributed by atoms with Gasteiger partial charge >= 0.3 is 0 Å². The first kappa shape index (κ1) is 26.1. The summed E-state index contributed by atoms with van der Waals surface area (Å²) in [5.41, 5.74) is 7.23. The molecule has 8 heteroatoms. The molecule has 0 aromatic heterocycles. The maximum absolute atomic E-state index is 11.8. The number of nitrogens with zero attached hydrogens (tertiary/aromatic N) is 1. The van der Waals surface area contributed by atoms with E-state index in [9.17, 15) is 14.0 Å². The zero-order valence-electron chi connectivity index (χ0n) is 21.9. The number of sulfonamides is 1. The van der Waals surface area contributed by atoms with E-state index in [1.165, 1.54) is 57.6 Å². The first-order valence-corrected chi connectivity index (χ1v) is 16.2. The Balaban J connectivity index is 1.24.